The van der Waals surface area contributed by atoms with Crippen LogP contribution in [0.5, 0.6) is 0 Å². The summed E-state index contributed by atoms with van der Waals surface area (Å²) in [7, 11) is -3.57. The summed E-state index contributed by atoms with van der Waals surface area (Å²) in [5.41, 5.74) is 2.26. The Bertz CT molecular complexity index is 1300. The number of hydrogen-bond acceptors (Lipinski definition) is 7. The van der Waals surface area contributed by atoms with Gasteiger partial charge in [-0.05, 0) is 47.8 Å². The predicted octanol–water partition coefficient (Wildman–Crippen LogP) is 6.17. The van der Waals surface area contributed by atoms with Crippen molar-refractivity contribution < 1.29 is 13.2 Å². The molecular weight excluding hydrogens is 550 g/mol. The van der Waals surface area contributed by atoms with Crippen molar-refractivity contribution in [3.05, 3.63) is 75.9 Å². The van der Waals surface area contributed by atoms with E-state index < -0.39 is 10.0 Å². The third-order valence-corrected chi connectivity index (χ3v) is 9.20. The van der Waals surface area contributed by atoms with E-state index in [2.05, 4.69) is 31.0 Å². The van der Waals surface area contributed by atoms with Crippen LogP contribution >= 0.6 is 50.4 Å². The zero-order chi connectivity index (χ0) is 22.6. The summed E-state index contributed by atoms with van der Waals surface area (Å²) in [5, 5.41) is 6.99. The molecule has 0 radical (unpaired) electrons. The topological polar surface area (TPSA) is 88.2 Å². The lowest BCUT2D eigenvalue weighted by Gasteiger charge is -2.07. The Labute approximate surface area is 206 Å². The predicted molar refractivity (Wildman–Crippen MR) is 136 cm³/mol. The highest BCUT2D eigenvalue weighted by Crippen LogP contribution is 2.27. The number of aromatic nitrogens is 1. The number of carbonyl (C=O) groups excluding carboxylic acids is 1. The number of halogens is 1. The van der Waals surface area contributed by atoms with E-state index in [9.17, 15) is 13.2 Å². The summed E-state index contributed by atoms with van der Waals surface area (Å²) in [6.45, 7) is 0. The molecule has 0 saturated carbocycles. The summed E-state index contributed by atoms with van der Waals surface area (Å²) in [5.74, 6) is 0.0576. The lowest BCUT2D eigenvalue weighted by molar-refractivity contribution is -0.113. The molecule has 0 aliphatic carbocycles. The van der Waals surface area contributed by atoms with E-state index in [1.54, 1.807) is 41.8 Å². The molecule has 2 heterocycles. The van der Waals surface area contributed by atoms with Gasteiger partial charge in [-0.25, -0.2) is 13.4 Å². The maximum absolute atomic E-state index is 12.3. The summed E-state index contributed by atoms with van der Waals surface area (Å²) < 4.78 is 28.4. The van der Waals surface area contributed by atoms with Crippen LogP contribution in [0.1, 0.15) is 0 Å². The average Bonchev–Trinajstić information content (AvgIpc) is 3.47. The second-order valence-electron chi connectivity index (χ2n) is 6.44. The molecule has 164 valence electrons. The molecule has 32 heavy (non-hydrogen) atoms. The second kappa shape index (κ2) is 10.2. The van der Waals surface area contributed by atoms with E-state index in [0.717, 1.165) is 32.0 Å². The molecule has 6 nitrogen and oxygen atoms in total. The van der Waals surface area contributed by atoms with Crippen molar-refractivity contribution in [3.8, 4) is 11.3 Å². The van der Waals surface area contributed by atoms with Crippen LogP contribution in [0.3, 0.4) is 0 Å². The van der Waals surface area contributed by atoms with Gasteiger partial charge in [0.2, 0.25) is 5.91 Å². The minimum absolute atomic E-state index is 0.158. The van der Waals surface area contributed by atoms with Gasteiger partial charge in [0.15, 0.2) is 5.13 Å². The molecule has 0 bridgehead atoms. The minimum Gasteiger partial charge on any atom is -0.301 e. The summed E-state index contributed by atoms with van der Waals surface area (Å²) in [6.07, 6.45) is 0. The number of nitrogens with one attached hydrogen (secondary N) is 2. The van der Waals surface area contributed by atoms with Crippen LogP contribution in [0.2, 0.25) is 0 Å². The lowest BCUT2D eigenvalue weighted by atomic mass is 10.2. The SMILES string of the molecule is O=C(CSc1ccc(NS(=O)(=O)c2cccs2)cc1)Nc1nc(-c2ccc(Br)cc2)cs1. The van der Waals surface area contributed by atoms with Crippen LogP contribution in [-0.4, -0.2) is 25.1 Å². The van der Waals surface area contributed by atoms with Gasteiger partial charge in [-0.1, -0.05) is 34.1 Å². The van der Waals surface area contributed by atoms with Gasteiger partial charge in [0, 0.05) is 26.0 Å². The van der Waals surface area contributed by atoms with Crippen molar-refractivity contribution in [2.75, 3.05) is 15.8 Å². The highest BCUT2D eigenvalue weighted by molar-refractivity contribution is 9.10. The Balaban J connectivity index is 1.29. The monoisotopic (exact) mass is 565 g/mol. The number of anilines is 2. The number of sulfonamides is 1. The molecule has 2 aromatic heterocycles. The Morgan fingerprint density at radius 3 is 2.47 bits per heavy atom. The first-order chi connectivity index (χ1) is 15.4. The van der Waals surface area contributed by atoms with Crippen LogP contribution in [0.25, 0.3) is 11.3 Å². The Kier molecular flexibility index (Phi) is 7.31. The Morgan fingerprint density at radius 1 is 1.03 bits per heavy atom. The van der Waals surface area contributed by atoms with Gasteiger partial charge in [0.05, 0.1) is 11.4 Å². The highest BCUT2D eigenvalue weighted by atomic mass is 79.9. The van der Waals surface area contributed by atoms with E-state index in [1.165, 1.54) is 23.1 Å². The van der Waals surface area contributed by atoms with E-state index >= 15 is 0 Å². The highest BCUT2D eigenvalue weighted by Gasteiger charge is 2.15. The van der Waals surface area contributed by atoms with Gasteiger partial charge in [0.25, 0.3) is 10.0 Å². The Morgan fingerprint density at radius 2 is 1.78 bits per heavy atom. The molecule has 0 spiro atoms. The fourth-order valence-electron chi connectivity index (χ4n) is 2.63. The largest absolute Gasteiger partial charge is 0.301 e. The van der Waals surface area contributed by atoms with Crippen molar-refractivity contribution >= 4 is 77.1 Å². The first kappa shape index (κ1) is 23.0. The summed E-state index contributed by atoms with van der Waals surface area (Å²) in [6, 6.07) is 18.0. The fraction of sp³-hybridized carbons (Fsp3) is 0.0476. The van der Waals surface area contributed by atoms with E-state index in [-0.39, 0.29) is 15.9 Å². The van der Waals surface area contributed by atoms with Crippen LogP contribution < -0.4 is 10.0 Å². The standard InChI is InChI=1S/C21H16BrN3O3S4/c22-15-5-3-14(4-6-15)18-12-31-21(23-18)24-19(26)13-30-17-9-7-16(8-10-17)25-32(27,28)20-2-1-11-29-20/h1-12,25H,13H2,(H,23,24,26). The van der Waals surface area contributed by atoms with E-state index in [0.29, 0.717) is 10.8 Å². The molecule has 0 atom stereocenters. The van der Waals surface area contributed by atoms with Crippen molar-refractivity contribution in [2.24, 2.45) is 0 Å². The maximum atomic E-state index is 12.3. The van der Waals surface area contributed by atoms with Crippen LogP contribution in [0.4, 0.5) is 10.8 Å². The summed E-state index contributed by atoms with van der Waals surface area (Å²) >= 11 is 7.31. The number of amides is 1. The molecule has 2 N–H and O–H groups in total. The molecular formula is C21H16BrN3O3S4. The molecule has 2 aromatic carbocycles. The van der Waals surface area contributed by atoms with Crippen LogP contribution in [-0.2, 0) is 14.8 Å². The molecule has 1 amide bonds. The first-order valence-electron chi connectivity index (χ1n) is 9.19. The summed E-state index contributed by atoms with van der Waals surface area (Å²) in [4.78, 5) is 17.6. The van der Waals surface area contributed by atoms with E-state index in [1.807, 2.05) is 29.6 Å². The number of benzene rings is 2. The van der Waals surface area contributed by atoms with Crippen molar-refractivity contribution in [3.63, 3.8) is 0 Å². The molecule has 0 fully saturated rings. The van der Waals surface area contributed by atoms with Crippen molar-refractivity contribution in [1.29, 1.82) is 0 Å². The molecule has 0 saturated heterocycles. The molecule has 4 rings (SSSR count). The number of nitrogens with zero attached hydrogens (tertiary/aromatic N) is 1. The molecule has 0 unspecified atom stereocenters. The normalized spacial score (nSPS) is 11.3. The van der Waals surface area contributed by atoms with Crippen molar-refractivity contribution in [1.82, 2.24) is 4.98 Å². The van der Waals surface area contributed by atoms with Gasteiger partial charge in [-0.3, -0.25) is 9.52 Å². The smallest absolute Gasteiger partial charge is 0.271 e. The molecule has 4 aromatic rings. The number of rotatable bonds is 8. The number of thiazole rings is 1. The van der Waals surface area contributed by atoms with Gasteiger partial charge in [-0.15, -0.1) is 34.4 Å². The van der Waals surface area contributed by atoms with Crippen molar-refractivity contribution in [2.45, 2.75) is 9.10 Å². The number of thiophene rings is 1. The van der Waals surface area contributed by atoms with Gasteiger partial charge in [0.1, 0.15) is 4.21 Å². The van der Waals surface area contributed by atoms with Gasteiger partial charge >= 0.3 is 0 Å². The number of hydrogen-bond donors (Lipinski definition) is 2. The maximum Gasteiger partial charge on any atom is 0.271 e. The third-order valence-electron chi connectivity index (χ3n) is 4.13. The lowest BCUT2D eigenvalue weighted by Crippen LogP contribution is -2.13. The van der Waals surface area contributed by atoms with E-state index in [4.69, 9.17) is 0 Å². The quantitative estimate of drug-likeness (QED) is 0.249. The van der Waals surface area contributed by atoms with Crippen LogP contribution in [0.15, 0.2) is 85.0 Å². The molecule has 0 aliphatic heterocycles. The number of carbonyl (C=O) groups is 1. The first-order valence-corrected chi connectivity index (χ1v) is 14.2. The molecule has 0 aliphatic rings. The third kappa shape index (κ3) is 5.99. The van der Waals surface area contributed by atoms with Gasteiger partial charge in [-0.2, -0.15) is 0 Å². The fourth-order valence-corrected chi connectivity index (χ4v) is 6.38. The minimum atomic E-state index is -3.57. The molecule has 11 heteroatoms. The van der Waals surface area contributed by atoms with Gasteiger partial charge < -0.3 is 5.32 Å². The second-order valence-corrected chi connectivity index (χ2v) is 12.1. The average molecular weight is 567 g/mol. The number of thioether (sulfide) groups is 1. The Hall–Kier alpha value is -2.18. The zero-order valence-electron chi connectivity index (χ0n) is 16.3. The van der Waals surface area contributed by atoms with Crippen LogP contribution in [0, 0.1) is 0 Å². The zero-order valence-corrected chi connectivity index (χ0v) is 21.2.